The normalized spacial score (nSPS) is 10.3. The minimum absolute atomic E-state index is 0.652. The van der Waals surface area contributed by atoms with Crippen LogP contribution < -0.4 is 0 Å². The Morgan fingerprint density at radius 3 is 2.46 bits per heavy atom. The molecule has 1 aromatic heterocycles. The summed E-state index contributed by atoms with van der Waals surface area (Å²) in [6.45, 7) is 0. The molecule has 0 saturated heterocycles. The molecular formula is C10H9ClN2. The summed E-state index contributed by atoms with van der Waals surface area (Å²) >= 11 is 5.88. The van der Waals surface area contributed by atoms with E-state index in [9.17, 15) is 0 Å². The van der Waals surface area contributed by atoms with Crippen molar-refractivity contribution in [1.29, 1.82) is 0 Å². The summed E-state index contributed by atoms with van der Waals surface area (Å²) in [4.78, 5) is 0. The molecule has 0 N–H and O–H groups in total. The Morgan fingerprint density at radius 2 is 1.92 bits per heavy atom. The highest BCUT2D eigenvalue weighted by Crippen LogP contribution is 2.20. The lowest BCUT2D eigenvalue weighted by atomic mass is 10.2. The molecule has 66 valence electrons. The summed E-state index contributed by atoms with van der Waals surface area (Å²) in [5.74, 6) is 0. The fourth-order valence-electron chi connectivity index (χ4n) is 1.19. The van der Waals surface area contributed by atoms with Crippen molar-refractivity contribution in [3.63, 3.8) is 0 Å². The molecular weight excluding hydrogens is 184 g/mol. The van der Waals surface area contributed by atoms with Crippen LogP contribution in [-0.4, -0.2) is 9.78 Å². The number of benzene rings is 1. The van der Waals surface area contributed by atoms with E-state index in [2.05, 4.69) is 5.10 Å². The molecule has 0 fully saturated rings. The summed E-state index contributed by atoms with van der Waals surface area (Å²) in [7, 11) is 1.83. The van der Waals surface area contributed by atoms with Crippen LogP contribution in [0.15, 0.2) is 36.4 Å². The minimum Gasteiger partial charge on any atom is -0.256 e. The molecule has 3 heteroatoms. The molecule has 1 heterocycles. The highest BCUT2D eigenvalue weighted by molar-refractivity contribution is 6.29. The van der Waals surface area contributed by atoms with Crippen LogP contribution in [-0.2, 0) is 7.05 Å². The molecule has 0 atom stereocenters. The van der Waals surface area contributed by atoms with E-state index in [-0.39, 0.29) is 0 Å². The summed E-state index contributed by atoms with van der Waals surface area (Å²) in [5.41, 5.74) is 2.00. The van der Waals surface area contributed by atoms with Crippen molar-refractivity contribution in [3.8, 4) is 11.3 Å². The Bertz CT molecular complexity index is 387. The van der Waals surface area contributed by atoms with Gasteiger partial charge < -0.3 is 0 Å². The van der Waals surface area contributed by atoms with Crippen LogP contribution in [0.4, 0.5) is 0 Å². The maximum atomic E-state index is 5.88. The molecule has 2 aromatic rings. The van der Waals surface area contributed by atoms with E-state index < -0.39 is 0 Å². The first-order valence-corrected chi connectivity index (χ1v) is 4.40. The molecule has 0 saturated carbocycles. The monoisotopic (exact) mass is 192 g/mol. The van der Waals surface area contributed by atoms with Crippen LogP contribution in [0.2, 0.25) is 5.15 Å². The molecule has 2 rings (SSSR count). The van der Waals surface area contributed by atoms with Gasteiger partial charge in [0, 0.05) is 18.7 Å². The quantitative estimate of drug-likeness (QED) is 0.680. The van der Waals surface area contributed by atoms with E-state index in [0.29, 0.717) is 5.15 Å². The number of hydrogen-bond acceptors (Lipinski definition) is 1. The molecule has 0 radical (unpaired) electrons. The maximum Gasteiger partial charge on any atom is 0.127 e. The van der Waals surface area contributed by atoms with Gasteiger partial charge in [-0.25, -0.2) is 0 Å². The van der Waals surface area contributed by atoms with Gasteiger partial charge in [0.15, 0.2) is 0 Å². The lowest BCUT2D eigenvalue weighted by Crippen LogP contribution is -1.89. The fraction of sp³-hybridized carbons (Fsp3) is 0.100. The van der Waals surface area contributed by atoms with Crippen LogP contribution in [0.3, 0.4) is 0 Å². The third-order valence-electron chi connectivity index (χ3n) is 1.89. The average Bonchev–Trinajstić information content (AvgIpc) is 2.49. The Labute approximate surface area is 81.8 Å². The first-order chi connectivity index (χ1) is 6.27. The summed E-state index contributed by atoms with van der Waals surface area (Å²) in [6, 6.07) is 11.8. The molecule has 13 heavy (non-hydrogen) atoms. The van der Waals surface area contributed by atoms with E-state index in [1.165, 1.54) is 0 Å². The molecule has 0 bridgehead atoms. The van der Waals surface area contributed by atoms with E-state index in [4.69, 9.17) is 11.6 Å². The van der Waals surface area contributed by atoms with E-state index in [1.807, 2.05) is 43.4 Å². The topological polar surface area (TPSA) is 17.8 Å². The average molecular weight is 193 g/mol. The van der Waals surface area contributed by atoms with Gasteiger partial charge in [-0.15, -0.1) is 0 Å². The van der Waals surface area contributed by atoms with Gasteiger partial charge in [-0.1, -0.05) is 41.9 Å². The van der Waals surface area contributed by atoms with Gasteiger partial charge in [0.05, 0.1) is 5.69 Å². The van der Waals surface area contributed by atoms with Crippen molar-refractivity contribution in [2.24, 2.45) is 7.05 Å². The Morgan fingerprint density at radius 1 is 1.23 bits per heavy atom. The first-order valence-electron chi connectivity index (χ1n) is 4.02. The maximum absolute atomic E-state index is 5.88. The summed E-state index contributed by atoms with van der Waals surface area (Å²) < 4.78 is 1.66. The second-order valence-electron chi connectivity index (χ2n) is 2.84. The van der Waals surface area contributed by atoms with Gasteiger partial charge in [0.25, 0.3) is 0 Å². The zero-order chi connectivity index (χ0) is 9.26. The lowest BCUT2D eigenvalue weighted by Gasteiger charge is -1.93. The fourth-order valence-corrected chi connectivity index (χ4v) is 1.34. The largest absolute Gasteiger partial charge is 0.256 e. The summed E-state index contributed by atoms with van der Waals surface area (Å²) in [6.07, 6.45) is 0. The molecule has 0 spiro atoms. The van der Waals surface area contributed by atoms with E-state index >= 15 is 0 Å². The van der Waals surface area contributed by atoms with Crippen LogP contribution in [0.1, 0.15) is 0 Å². The zero-order valence-electron chi connectivity index (χ0n) is 7.24. The van der Waals surface area contributed by atoms with Gasteiger partial charge in [0.1, 0.15) is 5.15 Å². The van der Waals surface area contributed by atoms with Crippen molar-refractivity contribution in [2.75, 3.05) is 0 Å². The van der Waals surface area contributed by atoms with Gasteiger partial charge in [-0.3, -0.25) is 4.68 Å². The van der Waals surface area contributed by atoms with Crippen molar-refractivity contribution in [1.82, 2.24) is 9.78 Å². The molecule has 0 aliphatic heterocycles. The molecule has 0 aliphatic rings. The van der Waals surface area contributed by atoms with Gasteiger partial charge in [0.2, 0.25) is 0 Å². The molecule has 0 unspecified atom stereocenters. The van der Waals surface area contributed by atoms with Crippen molar-refractivity contribution < 1.29 is 0 Å². The van der Waals surface area contributed by atoms with Gasteiger partial charge >= 0.3 is 0 Å². The third-order valence-corrected chi connectivity index (χ3v) is 2.25. The highest BCUT2D eigenvalue weighted by atomic mass is 35.5. The number of halogens is 1. The second-order valence-corrected chi connectivity index (χ2v) is 3.23. The first kappa shape index (κ1) is 8.32. The number of aryl methyl sites for hydroxylation is 1. The van der Waals surface area contributed by atoms with Gasteiger partial charge in [-0.05, 0) is 0 Å². The SMILES string of the molecule is Cn1nc(-c2ccccc2)cc1Cl. The van der Waals surface area contributed by atoms with Crippen LogP contribution in [0.5, 0.6) is 0 Å². The molecule has 0 aliphatic carbocycles. The van der Waals surface area contributed by atoms with E-state index in [0.717, 1.165) is 11.3 Å². The Hall–Kier alpha value is -1.28. The Balaban J connectivity index is 2.48. The smallest absolute Gasteiger partial charge is 0.127 e. The van der Waals surface area contributed by atoms with Crippen LogP contribution in [0.25, 0.3) is 11.3 Å². The highest BCUT2D eigenvalue weighted by Gasteiger charge is 2.03. The van der Waals surface area contributed by atoms with E-state index in [1.54, 1.807) is 4.68 Å². The van der Waals surface area contributed by atoms with Crippen LogP contribution >= 0.6 is 11.6 Å². The zero-order valence-corrected chi connectivity index (χ0v) is 7.99. The molecule has 1 aromatic carbocycles. The number of rotatable bonds is 1. The third kappa shape index (κ3) is 1.58. The summed E-state index contributed by atoms with van der Waals surface area (Å²) in [5, 5.41) is 4.92. The number of nitrogens with zero attached hydrogens (tertiary/aromatic N) is 2. The molecule has 0 amide bonds. The minimum atomic E-state index is 0.652. The standard InChI is InChI=1S/C10H9ClN2/c1-13-10(11)7-9(12-13)8-5-3-2-4-6-8/h2-7H,1H3. The van der Waals surface area contributed by atoms with Gasteiger partial charge in [-0.2, -0.15) is 5.10 Å². The van der Waals surface area contributed by atoms with Crippen molar-refractivity contribution in [2.45, 2.75) is 0 Å². The predicted octanol–water partition coefficient (Wildman–Crippen LogP) is 2.74. The number of aromatic nitrogens is 2. The van der Waals surface area contributed by atoms with Crippen molar-refractivity contribution in [3.05, 3.63) is 41.6 Å². The second kappa shape index (κ2) is 3.23. The number of hydrogen-bond donors (Lipinski definition) is 0. The van der Waals surface area contributed by atoms with Crippen molar-refractivity contribution >= 4 is 11.6 Å². The van der Waals surface area contributed by atoms with Crippen LogP contribution in [0, 0.1) is 0 Å². The Kier molecular flexibility index (Phi) is 2.07. The lowest BCUT2D eigenvalue weighted by molar-refractivity contribution is 0.772. The predicted molar refractivity (Wildman–Crippen MR) is 53.7 cm³/mol. The molecule has 2 nitrogen and oxygen atoms in total.